The minimum atomic E-state index is -0.349. The van der Waals surface area contributed by atoms with Gasteiger partial charge in [-0.2, -0.15) is 0 Å². The van der Waals surface area contributed by atoms with Crippen LogP contribution in [0.5, 0.6) is 0 Å². The van der Waals surface area contributed by atoms with Gasteiger partial charge >= 0.3 is 0 Å². The summed E-state index contributed by atoms with van der Waals surface area (Å²) in [6.07, 6.45) is 1.69. The van der Waals surface area contributed by atoms with Gasteiger partial charge in [-0.15, -0.1) is 0 Å². The highest BCUT2D eigenvalue weighted by molar-refractivity contribution is 6.30. The SMILES string of the molecule is Cc1ccc(NC(=O)c2cc3ccccc3oc2=Nc2ccc(Cl)cc2)nc1. The van der Waals surface area contributed by atoms with Crippen molar-refractivity contribution < 1.29 is 9.21 Å². The number of nitrogens with zero attached hydrogens (tertiary/aromatic N) is 2. The van der Waals surface area contributed by atoms with Crippen molar-refractivity contribution in [1.29, 1.82) is 0 Å². The first-order valence-electron chi connectivity index (χ1n) is 8.66. The molecule has 0 aliphatic rings. The van der Waals surface area contributed by atoms with Crippen LogP contribution in [0.2, 0.25) is 5.02 Å². The maximum atomic E-state index is 12.9. The molecule has 28 heavy (non-hydrogen) atoms. The molecule has 0 saturated carbocycles. The van der Waals surface area contributed by atoms with Crippen molar-refractivity contribution in [2.75, 3.05) is 5.32 Å². The number of nitrogens with one attached hydrogen (secondary N) is 1. The monoisotopic (exact) mass is 389 g/mol. The maximum Gasteiger partial charge on any atom is 0.262 e. The summed E-state index contributed by atoms with van der Waals surface area (Å²) in [4.78, 5) is 21.6. The van der Waals surface area contributed by atoms with E-state index in [2.05, 4.69) is 15.3 Å². The number of hydrogen-bond donors (Lipinski definition) is 1. The molecule has 0 bridgehead atoms. The van der Waals surface area contributed by atoms with Crippen molar-refractivity contribution in [2.24, 2.45) is 4.99 Å². The number of aryl methyl sites for hydroxylation is 1. The van der Waals surface area contributed by atoms with Gasteiger partial charge in [-0.05, 0) is 55.0 Å². The molecule has 0 radical (unpaired) electrons. The molecule has 6 heteroatoms. The van der Waals surface area contributed by atoms with Gasteiger partial charge in [0.25, 0.3) is 5.91 Å². The molecule has 0 spiro atoms. The third kappa shape index (κ3) is 3.94. The lowest BCUT2D eigenvalue weighted by molar-refractivity contribution is 0.102. The van der Waals surface area contributed by atoms with Crippen LogP contribution in [-0.4, -0.2) is 10.9 Å². The largest absolute Gasteiger partial charge is 0.438 e. The predicted octanol–water partition coefficient (Wildman–Crippen LogP) is 5.27. The Morgan fingerprint density at radius 2 is 1.86 bits per heavy atom. The summed E-state index contributed by atoms with van der Waals surface area (Å²) in [7, 11) is 0. The van der Waals surface area contributed by atoms with E-state index in [1.165, 1.54) is 0 Å². The minimum absolute atomic E-state index is 0.214. The highest BCUT2D eigenvalue weighted by atomic mass is 35.5. The lowest BCUT2D eigenvalue weighted by Gasteiger charge is -2.06. The summed E-state index contributed by atoms with van der Waals surface area (Å²) in [6, 6.07) is 19.8. The van der Waals surface area contributed by atoms with Crippen LogP contribution >= 0.6 is 11.6 Å². The highest BCUT2D eigenvalue weighted by Crippen LogP contribution is 2.18. The lowest BCUT2D eigenvalue weighted by Crippen LogP contribution is -2.22. The van der Waals surface area contributed by atoms with E-state index in [-0.39, 0.29) is 11.5 Å². The molecule has 1 amide bonds. The second kappa shape index (κ2) is 7.66. The van der Waals surface area contributed by atoms with Crippen molar-refractivity contribution in [3.8, 4) is 0 Å². The highest BCUT2D eigenvalue weighted by Gasteiger charge is 2.13. The number of carbonyl (C=O) groups excluding carboxylic acids is 1. The Morgan fingerprint density at radius 1 is 1.07 bits per heavy atom. The van der Waals surface area contributed by atoms with E-state index in [1.54, 1.807) is 42.6 Å². The molecule has 0 fully saturated rings. The summed E-state index contributed by atoms with van der Waals surface area (Å²) in [5, 5.41) is 4.21. The van der Waals surface area contributed by atoms with Gasteiger partial charge in [0.1, 0.15) is 17.0 Å². The van der Waals surface area contributed by atoms with Crippen LogP contribution in [0.4, 0.5) is 11.5 Å². The molecule has 4 rings (SSSR count). The van der Waals surface area contributed by atoms with Crippen LogP contribution in [0.15, 0.2) is 82.3 Å². The van der Waals surface area contributed by atoms with Gasteiger partial charge in [0.2, 0.25) is 5.55 Å². The van der Waals surface area contributed by atoms with Crippen molar-refractivity contribution in [3.63, 3.8) is 0 Å². The number of pyridine rings is 1. The number of anilines is 1. The van der Waals surface area contributed by atoms with E-state index >= 15 is 0 Å². The summed E-state index contributed by atoms with van der Waals surface area (Å²) in [5.41, 5.74) is 2.81. The van der Waals surface area contributed by atoms with E-state index in [1.807, 2.05) is 37.3 Å². The van der Waals surface area contributed by atoms with Crippen LogP contribution in [0.1, 0.15) is 15.9 Å². The minimum Gasteiger partial charge on any atom is -0.438 e. The molecule has 2 heterocycles. The molecule has 0 unspecified atom stereocenters. The molecule has 2 aromatic heterocycles. The number of benzene rings is 2. The van der Waals surface area contributed by atoms with Crippen LogP contribution in [0.25, 0.3) is 11.0 Å². The summed E-state index contributed by atoms with van der Waals surface area (Å²) >= 11 is 5.94. The molecule has 5 nitrogen and oxygen atoms in total. The van der Waals surface area contributed by atoms with E-state index < -0.39 is 0 Å². The Balaban J connectivity index is 1.81. The molecule has 2 aromatic carbocycles. The summed E-state index contributed by atoms with van der Waals surface area (Å²) < 4.78 is 5.92. The fourth-order valence-corrected chi connectivity index (χ4v) is 2.80. The molecule has 138 valence electrons. The zero-order chi connectivity index (χ0) is 19.5. The number of amides is 1. The summed E-state index contributed by atoms with van der Waals surface area (Å²) in [5.74, 6) is 0.111. The van der Waals surface area contributed by atoms with Crippen LogP contribution in [0.3, 0.4) is 0 Å². The van der Waals surface area contributed by atoms with E-state index in [9.17, 15) is 4.79 Å². The van der Waals surface area contributed by atoms with E-state index in [0.29, 0.717) is 27.7 Å². The number of halogens is 1. The molecule has 0 saturated heterocycles. The molecular weight excluding hydrogens is 374 g/mol. The lowest BCUT2D eigenvalue weighted by atomic mass is 10.1. The van der Waals surface area contributed by atoms with Crippen molar-refractivity contribution >= 4 is 40.0 Å². The van der Waals surface area contributed by atoms with Gasteiger partial charge in [-0.3, -0.25) is 4.79 Å². The first kappa shape index (κ1) is 17.9. The van der Waals surface area contributed by atoms with Crippen LogP contribution < -0.4 is 10.9 Å². The van der Waals surface area contributed by atoms with Gasteiger partial charge < -0.3 is 9.73 Å². The molecule has 0 aliphatic heterocycles. The number of para-hydroxylation sites is 1. The van der Waals surface area contributed by atoms with Gasteiger partial charge in [0.05, 0.1) is 5.69 Å². The molecule has 1 N–H and O–H groups in total. The van der Waals surface area contributed by atoms with Crippen molar-refractivity contribution in [3.05, 3.63) is 94.6 Å². The standard InChI is InChI=1S/C22H16ClN3O2/c1-14-6-11-20(24-13-14)26-21(27)18-12-15-4-2-3-5-19(15)28-22(18)25-17-9-7-16(23)8-10-17/h2-13H,1H3,(H,24,26,27). The Morgan fingerprint density at radius 3 is 2.61 bits per heavy atom. The fourth-order valence-electron chi connectivity index (χ4n) is 2.67. The molecule has 4 aromatic rings. The van der Waals surface area contributed by atoms with Gasteiger partial charge in [0.15, 0.2) is 0 Å². The zero-order valence-electron chi connectivity index (χ0n) is 15.0. The Bertz CT molecular complexity index is 1210. The number of aromatic nitrogens is 1. The van der Waals surface area contributed by atoms with Gasteiger partial charge in [-0.25, -0.2) is 9.98 Å². The Hall–Kier alpha value is -3.44. The average Bonchev–Trinajstić information content (AvgIpc) is 2.71. The number of rotatable bonds is 3. The third-order valence-corrected chi connectivity index (χ3v) is 4.36. The maximum absolute atomic E-state index is 12.9. The smallest absolute Gasteiger partial charge is 0.262 e. The second-order valence-corrected chi connectivity index (χ2v) is 6.70. The molecule has 0 aliphatic carbocycles. The zero-order valence-corrected chi connectivity index (χ0v) is 15.8. The normalized spacial score (nSPS) is 11.6. The number of hydrogen-bond acceptors (Lipinski definition) is 4. The van der Waals surface area contributed by atoms with Gasteiger partial charge in [0, 0.05) is 16.6 Å². The second-order valence-electron chi connectivity index (χ2n) is 6.27. The number of fused-ring (bicyclic) bond motifs is 1. The topological polar surface area (TPSA) is 67.5 Å². The Kier molecular flexibility index (Phi) is 4.91. The average molecular weight is 390 g/mol. The molecular formula is C22H16ClN3O2. The first-order chi connectivity index (χ1) is 13.6. The van der Waals surface area contributed by atoms with Crippen molar-refractivity contribution in [1.82, 2.24) is 4.98 Å². The fraction of sp³-hybridized carbons (Fsp3) is 0.0455. The van der Waals surface area contributed by atoms with Gasteiger partial charge in [-0.1, -0.05) is 35.9 Å². The van der Waals surface area contributed by atoms with E-state index in [0.717, 1.165) is 10.9 Å². The van der Waals surface area contributed by atoms with E-state index in [4.69, 9.17) is 16.0 Å². The Labute approximate surface area is 166 Å². The van der Waals surface area contributed by atoms with Crippen LogP contribution in [-0.2, 0) is 0 Å². The molecule has 0 atom stereocenters. The number of carbonyl (C=O) groups is 1. The van der Waals surface area contributed by atoms with Crippen molar-refractivity contribution in [2.45, 2.75) is 6.92 Å². The predicted molar refractivity (Wildman–Crippen MR) is 110 cm³/mol. The third-order valence-electron chi connectivity index (χ3n) is 4.11. The first-order valence-corrected chi connectivity index (χ1v) is 9.03. The van der Waals surface area contributed by atoms with Crippen LogP contribution in [0, 0.1) is 6.92 Å². The quantitative estimate of drug-likeness (QED) is 0.518. The summed E-state index contributed by atoms with van der Waals surface area (Å²) in [6.45, 7) is 1.93.